The van der Waals surface area contributed by atoms with E-state index in [-0.39, 0.29) is 6.42 Å². The van der Waals surface area contributed by atoms with E-state index in [2.05, 4.69) is 30.4 Å². The lowest BCUT2D eigenvalue weighted by molar-refractivity contribution is -0.136. The minimum atomic E-state index is -0.761. The fraction of sp³-hybridized carbons (Fsp3) is 0.263. The zero-order chi connectivity index (χ0) is 16.7. The van der Waals surface area contributed by atoms with Crippen LogP contribution in [0.2, 0.25) is 0 Å². The van der Waals surface area contributed by atoms with Crippen molar-refractivity contribution in [3.8, 4) is 0 Å². The van der Waals surface area contributed by atoms with Gasteiger partial charge in [-0.2, -0.15) is 0 Å². The van der Waals surface area contributed by atoms with Crippen molar-refractivity contribution in [3.63, 3.8) is 0 Å². The molecule has 0 saturated carbocycles. The van der Waals surface area contributed by atoms with Gasteiger partial charge in [-0.25, -0.2) is 0 Å². The molecule has 0 amide bonds. The normalized spacial score (nSPS) is 10.3. The molecule has 23 heavy (non-hydrogen) atoms. The SMILES string of the molecule is Cc1ccccc1C(=S)NCCc1ccc(CCC(=O)O)cc1. The summed E-state index contributed by atoms with van der Waals surface area (Å²) in [5.41, 5.74) is 4.52. The van der Waals surface area contributed by atoms with Crippen molar-refractivity contribution in [1.82, 2.24) is 5.32 Å². The van der Waals surface area contributed by atoms with E-state index in [1.54, 1.807) is 0 Å². The summed E-state index contributed by atoms with van der Waals surface area (Å²) in [6.07, 6.45) is 1.63. The summed E-state index contributed by atoms with van der Waals surface area (Å²) in [5.74, 6) is -0.761. The van der Waals surface area contributed by atoms with Crippen LogP contribution in [0.15, 0.2) is 48.5 Å². The summed E-state index contributed by atoms with van der Waals surface area (Å²) >= 11 is 5.44. The molecule has 0 spiro atoms. The summed E-state index contributed by atoms with van der Waals surface area (Å²) in [6.45, 7) is 2.83. The molecule has 0 saturated heterocycles. The highest BCUT2D eigenvalue weighted by molar-refractivity contribution is 7.80. The van der Waals surface area contributed by atoms with Crippen molar-refractivity contribution in [1.29, 1.82) is 0 Å². The monoisotopic (exact) mass is 327 g/mol. The van der Waals surface area contributed by atoms with Crippen LogP contribution >= 0.6 is 12.2 Å². The van der Waals surface area contributed by atoms with Crippen molar-refractivity contribution in [2.24, 2.45) is 0 Å². The molecule has 2 N–H and O–H groups in total. The average molecular weight is 327 g/mol. The van der Waals surface area contributed by atoms with Gasteiger partial charge in [-0.05, 0) is 36.5 Å². The fourth-order valence-electron chi connectivity index (χ4n) is 2.37. The van der Waals surface area contributed by atoms with Crippen LogP contribution in [0, 0.1) is 6.92 Å². The van der Waals surface area contributed by atoms with Crippen LogP contribution in [0.25, 0.3) is 0 Å². The molecule has 0 unspecified atom stereocenters. The van der Waals surface area contributed by atoms with E-state index in [1.165, 1.54) is 11.1 Å². The molecule has 0 bridgehead atoms. The highest BCUT2D eigenvalue weighted by Crippen LogP contribution is 2.09. The zero-order valence-electron chi connectivity index (χ0n) is 13.2. The topological polar surface area (TPSA) is 49.3 Å². The van der Waals surface area contributed by atoms with Crippen molar-refractivity contribution in [2.75, 3.05) is 6.54 Å². The summed E-state index contributed by atoms with van der Waals surface area (Å²) in [6, 6.07) is 16.2. The number of nitrogens with one attached hydrogen (secondary N) is 1. The van der Waals surface area contributed by atoms with Crippen LogP contribution in [0.3, 0.4) is 0 Å². The van der Waals surface area contributed by atoms with Gasteiger partial charge in [-0.1, -0.05) is 60.7 Å². The molecule has 0 aromatic heterocycles. The summed E-state index contributed by atoms with van der Waals surface area (Å²) < 4.78 is 0. The van der Waals surface area contributed by atoms with Gasteiger partial charge in [0.25, 0.3) is 0 Å². The Morgan fingerprint density at radius 1 is 1.04 bits per heavy atom. The fourth-order valence-corrected chi connectivity index (χ4v) is 2.70. The maximum atomic E-state index is 10.6. The molecular weight excluding hydrogens is 306 g/mol. The van der Waals surface area contributed by atoms with Gasteiger partial charge in [0.05, 0.1) is 0 Å². The van der Waals surface area contributed by atoms with Gasteiger partial charge in [-0.15, -0.1) is 0 Å². The third-order valence-electron chi connectivity index (χ3n) is 3.74. The van der Waals surface area contributed by atoms with E-state index in [0.717, 1.165) is 29.1 Å². The van der Waals surface area contributed by atoms with E-state index in [4.69, 9.17) is 17.3 Å². The van der Waals surface area contributed by atoms with Gasteiger partial charge in [0.1, 0.15) is 4.99 Å². The van der Waals surface area contributed by atoms with Crippen molar-refractivity contribution < 1.29 is 9.90 Å². The molecule has 0 fully saturated rings. The molecule has 0 heterocycles. The first-order chi connectivity index (χ1) is 11.1. The number of thiocarbonyl (C=S) groups is 1. The Balaban J connectivity index is 1.81. The van der Waals surface area contributed by atoms with Crippen LogP contribution in [0.5, 0.6) is 0 Å². The molecule has 3 nitrogen and oxygen atoms in total. The Labute approximate surface area is 142 Å². The summed E-state index contributed by atoms with van der Waals surface area (Å²) in [4.78, 5) is 11.3. The molecule has 0 atom stereocenters. The molecular formula is C19H21NO2S. The van der Waals surface area contributed by atoms with Crippen LogP contribution in [0.1, 0.15) is 28.7 Å². The first kappa shape index (κ1) is 17.2. The third kappa shape index (κ3) is 5.49. The molecule has 0 aliphatic carbocycles. The molecule has 120 valence electrons. The Kier molecular flexibility index (Phi) is 6.29. The third-order valence-corrected chi connectivity index (χ3v) is 4.10. The summed E-state index contributed by atoms with van der Waals surface area (Å²) in [7, 11) is 0. The number of carbonyl (C=O) groups is 1. The van der Waals surface area contributed by atoms with Crippen molar-refractivity contribution >= 4 is 23.2 Å². The molecule has 0 radical (unpaired) electrons. The van der Waals surface area contributed by atoms with E-state index in [9.17, 15) is 4.79 Å². The highest BCUT2D eigenvalue weighted by atomic mass is 32.1. The smallest absolute Gasteiger partial charge is 0.303 e. The number of carboxylic acid groups (broad SMARTS) is 1. The number of hydrogen-bond acceptors (Lipinski definition) is 2. The van der Waals surface area contributed by atoms with E-state index in [0.29, 0.717) is 6.42 Å². The highest BCUT2D eigenvalue weighted by Gasteiger charge is 2.04. The Bertz CT molecular complexity index is 680. The van der Waals surface area contributed by atoms with Gasteiger partial charge in [0, 0.05) is 18.5 Å². The van der Waals surface area contributed by atoms with Gasteiger partial charge in [0.2, 0.25) is 0 Å². The van der Waals surface area contributed by atoms with Crippen LogP contribution < -0.4 is 5.32 Å². The second kappa shape index (κ2) is 8.44. The molecule has 0 aliphatic heterocycles. The predicted molar refractivity (Wildman–Crippen MR) is 97.0 cm³/mol. The van der Waals surface area contributed by atoms with Crippen LogP contribution in [0.4, 0.5) is 0 Å². The standard InChI is InChI=1S/C19H21NO2S/c1-14-4-2-3-5-17(14)19(23)20-13-12-16-8-6-15(7-9-16)10-11-18(21)22/h2-9H,10-13H2,1H3,(H,20,23)(H,21,22). The maximum Gasteiger partial charge on any atom is 0.303 e. The maximum absolute atomic E-state index is 10.6. The minimum Gasteiger partial charge on any atom is -0.481 e. The molecule has 2 rings (SSSR count). The number of rotatable bonds is 7. The van der Waals surface area contributed by atoms with E-state index >= 15 is 0 Å². The lowest BCUT2D eigenvalue weighted by Gasteiger charge is -2.10. The molecule has 0 aliphatic rings. The van der Waals surface area contributed by atoms with E-state index in [1.807, 2.05) is 30.3 Å². The van der Waals surface area contributed by atoms with Gasteiger partial charge in [0.15, 0.2) is 0 Å². The van der Waals surface area contributed by atoms with Crippen molar-refractivity contribution in [3.05, 3.63) is 70.8 Å². The largest absolute Gasteiger partial charge is 0.481 e. The Morgan fingerprint density at radius 3 is 2.26 bits per heavy atom. The number of aliphatic carboxylic acids is 1. The van der Waals surface area contributed by atoms with Crippen molar-refractivity contribution in [2.45, 2.75) is 26.2 Å². The number of carboxylic acids is 1. The predicted octanol–water partition coefficient (Wildman–Crippen LogP) is 3.52. The van der Waals surface area contributed by atoms with Crippen LogP contribution in [-0.4, -0.2) is 22.6 Å². The first-order valence-corrected chi connectivity index (χ1v) is 8.10. The lowest BCUT2D eigenvalue weighted by Crippen LogP contribution is -2.25. The average Bonchev–Trinajstić information content (AvgIpc) is 2.54. The Hall–Kier alpha value is -2.20. The second-order valence-electron chi connectivity index (χ2n) is 5.53. The minimum absolute atomic E-state index is 0.172. The summed E-state index contributed by atoms with van der Waals surface area (Å²) in [5, 5.41) is 12.0. The quantitative estimate of drug-likeness (QED) is 0.764. The zero-order valence-corrected chi connectivity index (χ0v) is 14.0. The molecule has 2 aromatic carbocycles. The second-order valence-corrected chi connectivity index (χ2v) is 5.94. The van der Waals surface area contributed by atoms with Crippen LogP contribution in [-0.2, 0) is 17.6 Å². The van der Waals surface area contributed by atoms with E-state index < -0.39 is 5.97 Å². The molecule has 4 heteroatoms. The first-order valence-electron chi connectivity index (χ1n) is 7.69. The Morgan fingerprint density at radius 2 is 1.65 bits per heavy atom. The molecule has 2 aromatic rings. The van der Waals surface area contributed by atoms with Gasteiger partial charge in [-0.3, -0.25) is 4.79 Å². The van der Waals surface area contributed by atoms with Gasteiger partial charge >= 0.3 is 5.97 Å². The number of benzene rings is 2. The van der Waals surface area contributed by atoms with Gasteiger partial charge < -0.3 is 10.4 Å². The number of aryl methyl sites for hydroxylation is 2. The lowest BCUT2D eigenvalue weighted by atomic mass is 10.1. The number of hydrogen-bond donors (Lipinski definition) is 2.